The van der Waals surface area contributed by atoms with Crippen molar-refractivity contribution >= 4 is 17.1 Å². The molecule has 5 nitrogen and oxygen atoms in total. The van der Waals surface area contributed by atoms with Gasteiger partial charge in [0.25, 0.3) is 0 Å². The highest BCUT2D eigenvalue weighted by atomic mass is 32.1. The van der Waals surface area contributed by atoms with Gasteiger partial charge in [0.15, 0.2) is 0 Å². The summed E-state index contributed by atoms with van der Waals surface area (Å²) >= 11 is 1.73. The molecule has 0 amide bonds. The highest BCUT2D eigenvalue weighted by Gasteiger charge is 2.26. The molecule has 0 spiro atoms. The van der Waals surface area contributed by atoms with E-state index in [0.717, 1.165) is 31.0 Å². The van der Waals surface area contributed by atoms with Crippen LogP contribution in [-0.2, 0) is 6.54 Å². The van der Waals surface area contributed by atoms with Gasteiger partial charge >= 0.3 is 0 Å². The molecule has 0 N–H and O–H groups in total. The molecule has 0 aliphatic carbocycles. The predicted molar refractivity (Wildman–Crippen MR) is 82.1 cm³/mol. The summed E-state index contributed by atoms with van der Waals surface area (Å²) in [5, 5.41) is 3.23. The van der Waals surface area contributed by atoms with Crippen molar-refractivity contribution in [3.63, 3.8) is 0 Å². The molecular weight excluding hydrogens is 282 g/mol. The van der Waals surface area contributed by atoms with E-state index in [9.17, 15) is 0 Å². The second-order valence-corrected chi connectivity index (χ2v) is 6.37. The Morgan fingerprint density at radius 2 is 2.19 bits per heavy atom. The lowest BCUT2D eigenvalue weighted by Crippen LogP contribution is -2.33. The summed E-state index contributed by atoms with van der Waals surface area (Å²) in [4.78, 5) is 16.0. The van der Waals surface area contributed by atoms with Crippen molar-refractivity contribution in [2.24, 2.45) is 0 Å². The first-order valence-corrected chi connectivity index (χ1v) is 8.20. The lowest BCUT2D eigenvalue weighted by molar-refractivity contribution is 0.137. The number of hydrogen-bond donors (Lipinski definition) is 0. The Labute approximate surface area is 127 Å². The van der Waals surface area contributed by atoms with Crippen LogP contribution in [0.5, 0.6) is 0 Å². The van der Waals surface area contributed by atoms with Crippen LogP contribution in [0.25, 0.3) is 5.78 Å². The number of nitrogens with zero attached hydrogens (tertiary/aromatic N) is 5. The second kappa shape index (κ2) is 5.54. The molecule has 6 heteroatoms. The molecule has 21 heavy (non-hydrogen) atoms. The average Bonchev–Trinajstić information content (AvgIpc) is 3.18. The van der Waals surface area contributed by atoms with Gasteiger partial charge in [-0.2, -0.15) is 0 Å². The fourth-order valence-electron chi connectivity index (χ4n) is 3.02. The predicted octanol–water partition coefficient (Wildman–Crippen LogP) is 2.91. The van der Waals surface area contributed by atoms with Crippen molar-refractivity contribution < 1.29 is 0 Å². The van der Waals surface area contributed by atoms with Gasteiger partial charge in [0.1, 0.15) is 5.01 Å². The van der Waals surface area contributed by atoms with Crippen molar-refractivity contribution in [3.8, 4) is 0 Å². The van der Waals surface area contributed by atoms with Crippen molar-refractivity contribution in [3.05, 3.63) is 46.9 Å². The SMILES string of the molecule is c1csc(CN2CCCC[C@H]2c2ccn3ccnc3n2)n1. The molecule has 1 atom stereocenters. The van der Waals surface area contributed by atoms with Gasteiger partial charge in [0, 0.05) is 30.2 Å². The van der Waals surface area contributed by atoms with Gasteiger partial charge in [-0.15, -0.1) is 11.3 Å². The number of fused-ring (bicyclic) bond motifs is 1. The number of piperidine rings is 1. The maximum Gasteiger partial charge on any atom is 0.233 e. The van der Waals surface area contributed by atoms with Crippen LogP contribution in [0.1, 0.15) is 36.0 Å². The number of hydrogen-bond acceptors (Lipinski definition) is 5. The zero-order valence-electron chi connectivity index (χ0n) is 11.7. The van der Waals surface area contributed by atoms with Gasteiger partial charge < -0.3 is 0 Å². The number of imidazole rings is 1. The molecule has 0 aromatic carbocycles. The Hall–Kier alpha value is -1.79. The van der Waals surface area contributed by atoms with Gasteiger partial charge in [-0.1, -0.05) is 6.42 Å². The molecule has 4 heterocycles. The molecule has 4 rings (SSSR count). The summed E-state index contributed by atoms with van der Waals surface area (Å²) in [7, 11) is 0. The number of thiazole rings is 1. The normalized spacial score (nSPS) is 20.1. The molecular formula is C15H17N5S. The fourth-order valence-corrected chi connectivity index (χ4v) is 3.66. The minimum absolute atomic E-state index is 0.379. The van der Waals surface area contributed by atoms with E-state index in [4.69, 9.17) is 4.98 Å². The molecule has 0 bridgehead atoms. The first-order valence-electron chi connectivity index (χ1n) is 7.32. The topological polar surface area (TPSA) is 46.3 Å². The minimum atomic E-state index is 0.379. The highest BCUT2D eigenvalue weighted by molar-refractivity contribution is 7.09. The Bertz CT molecular complexity index is 721. The Morgan fingerprint density at radius 3 is 3.10 bits per heavy atom. The molecule has 3 aromatic rings. The highest BCUT2D eigenvalue weighted by Crippen LogP contribution is 2.31. The van der Waals surface area contributed by atoms with Crippen molar-refractivity contribution in [2.75, 3.05) is 6.54 Å². The third-order valence-electron chi connectivity index (χ3n) is 4.06. The van der Waals surface area contributed by atoms with E-state index in [0.29, 0.717) is 6.04 Å². The molecule has 0 radical (unpaired) electrons. The Kier molecular flexibility index (Phi) is 3.40. The van der Waals surface area contributed by atoms with E-state index < -0.39 is 0 Å². The zero-order valence-corrected chi connectivity index (χ0v) is 12.5. The molecule has 108 valence electrons. The summed E-state index contributed by atoms with van der Waals surface area (Å²) < 4.78 is 1.96. The van der Waals surface area contributed by atoms with E-state index >= 15 is 0 Å². The molecule has 1 aliphatic rings. The summed E-state index contributed by atoms with van der Waals surface area (Å²) in [6.07, 6.45) is 11.3. The van der Waals surface area contributed by atoms with Crippen LogP contribution >= 0.6 is 11.3 Å². The van der Waals surface area contributed by atoms with Gasteiger partial charge in [-0.25, -0.2) is 15.0 Å². The van der Waals surface area contributed by atoms with Crippen molar-refractivity contribution in [1.82, 2.24) is 24.3 Å². The van der Waals surface area contributed by atoms with Crippen LogP contribution in [0, 0.1) is 0 Å². The summed E-state index contributed by atoms with van der Waals surface area (Å²) in [5.74, 6) is 0.785. The van der Waals surface area contributed by atoms with Crippen molar-refractivity contribution in [2.45, 2.75) is 31.8 Å². The van der Waals surface area contributed by atoms with E-state index in [1.807, 2.05) is 22.2 Å². The van der Waals surface area contributed by atoms with Gasteiger partial charge in [-0.05, 0) is 25.5 Å². The molecule has 0 unspecified atom stereocenters. The Balaban J connectivity index is 1.63. The molecule has 3 aromatic heterocycles. The van der Waals surface area contributed by atoms with Gasteiger partial charge in [-0.3, -0.25) is 9.30 Å². The van der Waals surface area contributed by atoms with E-state index in [2.05, 4.69) is 27.1 Å². The smallest absolute Gasteiger partial charge is 0.233 e. The largest absolute Gasteiger partial charge is 0.291 e. The lowest BCUT2D eigenvalue weighted by atomic mass is 9.99. The summed E-state index contributed by atoms with van der Waals surface area (Å²) in [6, 6.07) is 2.50. The maximum absolute atomic E-state index is 4.73. The Morgan fingerprint density at radius 1 is 1.19 bits per heavy atom. The lowest BCUT2D eigenvalue weighted by Gasteiger charge is -2.34. The second-order valence-electron chi connectivity index (χ2n) is 5.39. The molecule has 1 saturated heterocycles. The van der Waals surface area contributed by atoms with Gasteiger partial charge in [0.2, 0.25) is 5.78 Å². The third-order valence-corrected chi connectivity index (χ3v) is 4.82. The molecule has 0 saturated carbocycles. The van der Waals surface area contributed by atoms with Gasteiger partial charge in [0.05, 0.1) is 18.3 Å². The third kappa shape index (κ3) is 2.56. The maximum atomic E-state index is 4.73. The van der Waals surface area contributed by atoms with Crippen LogP contribution < -0.4 is 0 Å². The van der Waals surface area contributed by atoms with Crippen LogP contribution in [0.15, 0.2) is 36.2 Å². The average molecular weight is 299 g/mol. The number of likely N-dealkylation sites (tertiary alicyclic amines) is 1. The van der Waals surface area contributed by atoms with Crippen LogP contribution in [0.4, 0.5) is 0 Å². The standard InChI is InChI=1S/C15H17N5S/c1-2-7-20(11-14-16-6-10-21-14)13(3-1)12-4-8-19-9-5-17-15(19)18-12/h4-6,8-10,13H,1-3,7,11H2/t13-/m0/s1. The van der Waals surface area contributed by atoms with Crippen molar-refractivity contribution in [1.29, 1.82) is 0 Å². The van der Waals surface area contributed by atoms with E-state index in [-0.39, 0.29) is 0 Å². The zero-order chi connectivity index (χ0) is 14.1. The summed E-state index contributed by atoms with van der Waals surface area (Å²) in [5.41, 5.74) is 1.13. The number of rotatable bonds is 3. The summed E-state index contributed by atoms with van der Waals surface area (Å²) in [6.45, 7) is 2.04. The van der Waals surface area contributed by atoms with E-state index in [1.54, 1.807) is 17.5 Å². The fraction of sp³-hybridized carbons (Fsp3) is 0.400. The first-order chi connectivity index (χ1) is 10.4. The van der Waals surface area contributed by atoms with Crippen LogP contribution in [0.2, 0.25) is 0 Å². The minimum Gasteiger partial charge on any atom is -0.291 e. The quantitative estimate of drug-likeness (QED) is 0.746. The van der Waals surface area contributed by atoms with E-state index in [1.165, 1.54) is 17.8 Å². The van der Waals surface area contributed by atoms with Crippen LogP contribution in [0.3, 0.4) is 0 Å². The molecule has 1 aliphatic heterocycles. The first kappa shape index (κ1) is 12.9. The van der Waals surface area contributed by atoms with Crippen LogP contribution in [-0.4, -0.2) is 30.8 Å². The monoisotopic (exact) mass is 299 g/mol. The number of aromatic nitrogens is 4. The molecule has 1 fully saturated rings.